The summed E-state index contributed by atoms with van der Waals surface area (Å²) in [7, 11) is -2.75. The topological polar surface area (TPSA) is 34.1 Å². The zero-order valence-corrected chi connectivity index (χ0v) is 8.96. The van der Waals surface area contributed by atoms with Gasteiger partial charge in [-0.2, -0.15) is 11.8 Å². The third-order valence-electron chi connectivity index (χ3n) is 1.60. The van der Waals surface area contributed by atoms with Crippen molar-refractivity contribution in [2.45, 2.75) is 25.0 Å². The predicted molar refractivity (Wildman–Crippen MR) is 51.9 cm³/mol. The number of rotatable bonds is 5. The van der Waals surface area contributed by atoms with Crippen LogP contribution in [0.25, 0.3) is 0 Å². The lowest BCUT2D eigenvalue weighted by Gasteiger charge is -2.09. The molecule has 2 nitrogen and oxygen atoms in total. The van der Waals surface area contributed by atoms with E-state index in [9.17, 15) is 8.42 Å². The van der Waals surface area contributed by atoms with Gasteiger partial charge in [0, 0.05) is 11.5 Å². The second-order valence-corrected chi connectivity index (χ2v) is 6.08. The average Bonchev–Trinajstić information content (AvgIpc) is 1.88. The Bertz CT molecular complexity index is 181. The van der Waals surface area contributed by atoms with Crippen LogP contribution >= 0.6 is 11.8 Å². The van der Waals surface area contributed by atoms with E-state index < -0.39 is 9.84 Å². The molecule has 0 aliphatic rings. The van der Waals surface area contributed by atoms with E-state index in [-0.39, 0.29) is 0 Å². The van der Waals surface area contributed by atoms with Crippen molar-refractivity contribution in [2.75, 3.05) is 18.3 Å². The van der Waals surface area contributed by atoms with Gasteiger partial charge in [0.25, 0.3) is 0 Å². The molecule has 0 N–H and O–H groups in total. The Morgan fingerprint density at radius 1 is 1.45 bits per heavy atom. The van der Waals surface area contributed by atoms with Gasteiger partial charge >= 0.3 is 0 Å². The average molecular weight is 196 g/mol. The summed E-state index contributed by atoms with van der Waals surface area (Å²) in [4.78, 5) is 0. The highest BCUT2D eigenvalue weighted by Crippen LogP contribution is 2.14. The standard InChI is InChI=1S/C7H16O2S2/c1-4-7(10-2)5-6-11(3,8)9/h7H,4-6H2,1-3H3. The fourth-order valence-corrected chi connectivity index (χ4v) is 2.38. The van der Waals surface area contributed by atoms with E-state index in [0.717, 1.165) is 12.8 Å². The summed E-state index contributed by atoms with van der Waals surface area (Å²) in [5.74, 6) is 0.326. The van der Waals surface area contributed by atoms with Crippen molar-refractivity contribution in [3.05, 3.63) is 0 Å². The zero-order chi connectivity index (χ0) is 8.91. The molecule has 68 valence electrons. The van der Waals surface area contributed by atoms with Crippen LogP contribution in [-0.2, 0) is 9.84 Å². The van der Waals surface area contributed by atoms with Gasteiger partial charge < -0.3 is 0 Å². The van der Waals surface area contributed by atoms with Crippen LogP contribution in [0, 0.1) is 0 Å². The van der Waals surface area contributed by atoms with Crippen LogP contribution in [-0.4, -0.2) is 31.9 Å². The first kappa shape index (κ1) is 11.3. The lowest BCUT2D eigenvalue weighted by Crippen LogP contribution is -2.10. The Kier molecular flexibility index (Phi) is 5.17. The summed E-state index contributed by atoms with van der Waals surface area (Å²) in [6.45, 7) is 2.09. The third-order valence-corrected chi connectivity index (χ3v) is 3.81. The molecule has 0 heterocycles. The molecule has 0 aliphatic heterocycles. The van der Waals surface area contributed by atoms with Crippen molar-refractivity contribution in [1.82, 2.24) is 0 Å². The first-order chi connectivity index (χ1) is 4.99. The van der Waals surface area contributed by atoms with E-state index in [1.807, 2.05) is 6.26 Å². The number of hydrogen-bond donors (Lipinski definition) is 0. The molecule has 1 atom stereocenters. The molecule has 0 saturated carbocycles. The Hall–Kier alpha value is 0.300. The van der Waals surface area contributed by atoms with Crippen LogP contribution in [0.3, 0.4) is 0 Å². The number of hydrogen-bond acceptors (Lipinski definition) is 3. The molecule has 0 bridgehead atoms. The second-order valence-electron chi connectivity index (χ2n) is 2.68. The lowest BCUT2D eigenvalue weighted by atomic mass is 10.3. The quantitative estimate of drug-likeness (QED) is 0.669. The van der Waals surface area contributed by atoms with Crippen molar-refractivity contribution in [3.8, 4) is 0 Å². The SMILES string of the molecule is CCC(CCS(C)(=O)=O)SC. The number of thioether (sulfide) groups is 1. The summed E-state index contributed by atoms with van der Waals surface area (Å²) >= 11 is 1.75. The number of sulfone groups is 1. The van der Waals surface area contributed by atoms with Crippen LogP contribution in [0.1, 0.15) is 19.8 Å². The van der Waals surface area contributed by atoms with E-state index in [1.54, 1.807) is 11.8 Å². The van der Waals surface area contributed by atoms with Gasteiger partial charge in [0.05, 0.1) is 5.75 Å². The molecular formula is C7H16O2S2. The van der Waals surface area contributed by atoms with Gasteiger partial charge in [0.2, 0.25) is 0 Å². The Balaban J connectivity index is 3.69. The predicted octanol–water partition coefficient (Wildman–Crippen LogP) is 1.56. The Morgan fingerprint density at radius 3 is 2.27 bits per heavy atom. The second kappa shape index (κ2) is 5.04. The molecule has 1 unspecified atom stereocenters. The van der Waals surface area contributed by atoms with Crippen LogP contribution < -0.4 is 0 Å². The molecule has 0 aliphatic carbocycles. The molecule has 0 saturated heterocycles. The molecule has 0 rings (SSSR count). The first-order valence-electron chi connectivity index (χ1n) is 3.70. The van der Waals surface area contributed by atoms with Crippen molar-refractivity contribution in [1.29, 1.82) is 0 Å². The van der Waals surface area contributed by atoms with E-state index in [1.165, 1.54) is 6.26 Å². The van der Waals surface area contributed by atoms with Crippen molar-refractivity contribution >= 4 is 21.6 Å². The highest BCUT2D eigenvalue weighted by atomic mass is 32.2. The summed E-state index contributed by atoms with van der Waals surface area (Å²) in [6, 6.07) is 0. The van der Waals surface area contributed by atoms with Crippen LogP contribution in [0.2, 0.25) is 0 Å². The molecule has 0 aromatic rings. The highest BCUT2D eigenvalue weighted by molar-refractivity contribution is 7.99. The zero-order valence-electron chi connectivity index (χ0n) is 7.33. The highest BCUT2D eigenvalue weighted by Gasteiger charge is 2.08. The third kappa shape index (κ3) is 6.69. The van der Waals surface area contributed by atoms with Gasteiger partial charge in [0.15, 0.2) is 0 Å². The largest absolute Gasteiger partial charge is 0.229 e. The van der Waals surface area contributed by atoms with Crippen LogP contribution in [0.15, 0.2) is 0 Å². The normalized spacial score (nSPS) is 14.8. The van der Waals surface area contributed by atoms with Crippen LogP contribution in [0.4, 0.5) is 0 Å². The Morgan fingerprint density at radius 2 is 2.00 bits per heavy atom. The summed E-state index contributed by atoms with van der Waals surface area (Å²) in [6.07, 6.45) is 5.16. The maximum Gasteiger partial charge on any atom is 0.147 e. The van der Waals surface area contributed by atoms with Crippen LogP contribution in [0.5, 0.6) is 0 Å². The van der Waals surface area contributed by atoms with E-state index in [4.69, 9.17) is 0 Å². The van der Waals surface area contributed by atoms with E-state index in [0.29, 0.717) is 11.0 Å². The Labute approximate surface area is 73.7 Å². The minimum Gasteiger partial charge on any atom is -0.229 e. The van der Waals surface area contributed by atoms with Gasteiger partial charge in [0.1, 0.15) is 9.84 Å². The maximum atomic E-state index is 10.8. The molecule has 0 spiro atoms. The van der Waals surface area contributed by atoms with Gasteiger partial charge in [-0.05, 0) is 19.1 Å². The van der Waals surface area contributed by atoms with Gasteiger partial charge in [-0.1, -0.05) is 6.92 Å². The molecule has 0 amide bonds. The van der Waals surface area contributed by atoms with Gasteiger partial charge in [-0.25, -0.2) is 8.42 Å². The maximum absolute atomic E-state index is 10.8. The molecule has 0 aromatic carbocycles. The van der Waals surface area contributed by atoms with Crippen molar-refractivity contribution in [2.24, 2.45) is 0 Å². The fourth-order valence-electron chi connectivity index (χ4n) is 0.834. The first-order valence-corrected chi connectivity index (χ1v) is 7.05. The summed E-state index contributed by atoms with van der Waals surface area (Å²) in [5, 5.41) is 0.504. The van der Waals surface area contributed by atoms with Gasteiger partial charge in [-0.15, -0.1) is 0 Å². The fraction of sp³-hybridized carbons (Fsp3) is 1.00. The smallest absolute Gasteiger partial charge is 0.147 e. The van der Waals surface area contributed by atoms with Gasteiger partial charge in [-0.3, -0.25) is 0 Å². The molecule has 11 heavy (non-hydrogen) atoms. The molecule has 4 heteroatoms. The van der Waals surface area contributed by atoms with E-state index >= 15 is 0 Å². The summed E-state index contributed by atoms with van der Waals surface area (Å²) < 4.78 is 21.5. The molecule has 0 radical (unpaired) electrons. The van der Waals surface area contributed by atoms with Crippen molar-refractivity contribution in [3.63, 3.8) is 0 Å². The monoisotopic (exact) mass is 196 g/mol. The van der Waals surface area contributed by atoms with Crippen molar-refractivity contribution < 1.29 is 8.42 Å². The minimum atomic E-state index is -2.75. The lowest BCUT2D eigenvalue weighted by molar-refractivity contribution is 0.597. The molecular weight excluding hydrogens is 180 g/mol. The minimum absolute atomic E-state index is 0.326. The molecule has 0 fully saturated rings. The summed E-state index contributed by atoms with van der Waals surface area (Å²) in [5.41, 5.74) is 0. The molecule has 0 aromatic heterocycles. The van der Waals surface area contributed by atoms with E-state index in [2.05, 4.69) is 6.92 Å².